The quantitative estimate of drug-likeness (QED) is 0.392. The molecular formula is C22H19N5O3Se. The third-order valence-electron chi connectivity index (χ3n) is 4.67. The van der Waals surface area contributed by atoms with Crippen LogP contribution in [0.15, 0.2) is 60.9 Å². The average molecular weight is 480 g/mol. The van der Waals surface area contributed by atoms with Crippen LogP contribution in [0.2, 0.25) is 0 Å². The Labute approximate surface area is 184 Å². The summed E-state index contributed by atoms with van der Waals surface area (Å²) < 4.78 is 8.94. The molecule has 0 aliphatic rings. The molecule has 0 aliphatic heterocycles. The second kappa shape index (κ2) is 8.59. The van der Waals surface area contributed by atoms with Crippen LogP contribution < -0.4 is 24.8 Å². The van der Waals surface area contributed by atoms with Gasteiger partial charge >= 0.3 is 185 Å². The molecule has 2 heterocycles. The number of hydrogen-bond acceptors (Lipinski definition) is 5. The summed E-state index contributed by atoms with van der Waals surface area (Å²) in [5.41, 5.74) is 7.35. The molecule has 0 saturated carbocycles. The fourth-order valence-electron chi connectivity index (χ4n) is 3.14. The Bertz CT molecular complexity index is 1280. The number of amides is 2. The van der Waals surface area contributed by atoms with E-state index in [2.05, 4.69) is 21.4 Å². The number of nitrogens with one attached hydrogen (secondary N) is 1. The zero-order chi connectivity index (χ0) is 22.0. The van der Waals surface area contributed by atoms with Crippen LogP contribution in [0.1, 0.15) is 20.7 Å². The summed E-state index contributed by atoms with van der Waals surface area (Å²) in [6, 6.07) is 15.3. The van der Waals surface area contributed by atoms with Gasteiger partial charge in [-0.1, -0.05) is 0 Å². The van der Waals surface area contributed by atoms with Gasteiger partial charge in [0.05, 0.1) is 0 Å². The van der Waals surface area contributed by atoms with E-state index in [0.29, 0.717) is 22.8 Å². The van der Waals surface area contributed by atoms with Crippen molar-refractivity contribution in [3.05, 3.63) is 72.1 Å². The molecule has 31 heavy (non-hydrogen) atoms. The van der Waals surface area contributed by atoms with Crippen molar-refractivity contribution in [1.29, 1.82) is 0 Å². The van der Waals surface area contributed by atoms with Crippen LogP contribution in [0.3, 0.4) is 0 Å². The molecule has 156 valence electrons. The van der Waals surface area contributed by atoms with Crippen LogP contribution in [0.25, 0.3) is 16.9 Å². The minimum absolute atomic E-state index is 0.252. The fraction of sp³-hybridized carbons (Fsp3) is 0.0909. The van der Waals surface area contributed by atoms with E-state index < -0.39 is 5.91 Å². The molecule has 2 aromatic heterocycles. The van der Waals surface area contributed by atoms with Gasteiger partial charge in [-0.05, 0) is 0 Å². The number of nitrogens with zero attached hydrogens (tertiary/aromatic N) is 3. The number of fused-ring (bicyclic) bond motifs is 1. The van der Waals surface area contributed by atoms with Crippen molar-refractivity contribution in [3.8, 4) is 11.7 Å². The maximum absolute atomic E-state index is 12.0. The summed E-state index contributed by atoms with van der Waals surface area (Å²) in [7, 11) is 3.10. The summed E-state index contributed by atoms with van der Waals surface area (Å²) in [5, 5.41) is 3.58. The van der Waals surface area contributed by atoms with Crippen LogP contribution in [0, 0.1) is 0 Å². The van der Waals surface area contributed by atoms with Crippen molar-refractivity contribution in [2.24, 2.45) is 5.73 Å². The van der Waals surface area contributed by atoms with Gasteiger partial charge in [0.15, 0.2) is 0 Å². The molecule has 2 amide bonds. The van der Waals surface area contributed by atoms with Crippen molar-refractivity contribution in [2.75, 3.05) is 14.2 Å². The van der Waals surface area contributed by atoms with Crippen molar-refractivity contribution in [2.45, 2.75) is 0 Å². The Balaban J connectivity index is 1.83. The molecule has 4 rings (SSSR count). The number of carbonyl (C=O) groups is 2. The Kier molecular flexibility index (Phi) is 5.70. The average Bonchev–Trinajstić information content (AvgIpc) is 3.16. The van der Waals surface area contributed by atoms with Crippen LogP contribution in [0.5, 0.6) is 5.75 Å². The first kappa shape index (κ1) is 20.6. The summed E-state index contributed by atoms with van der Waals surface area (Å²) >= 11 is -0.279. The van der Waals surface area contributed by atoms with Crippen molar-refractivity contribution in [1.82, 2.24) is 19.9 Å². The molecule has 0 fully saturated rings. The second-order valence-corrected chi connectivity index (χ2v) is 8.78. The summed E-state index contributed by atoms with van der Waals surface area (Å²) in [6.45, 7) is 0. The number of methoxy groups -OCH3 is 1. The molecule has 0 radical (unpaired) electrons. The Morgan fingerprint density at radius 2 is 1.84 bits per heavy atom. The molecule has 0 aliphatic carbocycles. The van der Waals surface area contributed by atoms with Gasteiger partial charge in [-0.3, -0.25) is 0 Å². The molecule has 3 N–H and O–H groups in total. The standard InChI is InChI=1S/C22H19N5O3Se/c1-24-21(29)14-11-25-22(26-12-14)27-17-6-4-3-5-13(17)9-19(27)31-18-8-7-15(30-2)10-16(18)20(23)28/h3-12H,1-2H3,(H2,23,28)(H,24,29). The molecule has 0 spiro atoms. The molecule has 0 atom stereocenters. The SMILES string of the molecule is CNC(=O)c1cnc(-n2c([Se]c3ccc(OC)cc3C(N)=O)cc3ccccc32)nc1. The molecular weight excluding hydrogens is 461 g/mol. The van der Waals surface area contributed by atoms with Crippen LogP contribution in [0.4, 0.5) is 0 Å². The normalized spacial score (nSPS) is 10.8. The number of benzene rings is 2. The zero-order valence-electron chi connectivity index (χ0n) is 16.8. The van der Waals surface area contributed by atoms with Crippen molar-refractivity contribution in [3.63, 3.8) is 0 Å². The number of para-hydroxylation sites is 1. The number of carbonyl (C=O) groups excluding carboxylic acids is 2. The van der Waals surface area contributed by atoms with Crippen LogP contribution in [-0.4, -0.2) is 55.5 Å². The van der Waals surface area contributed by atoms with E-state index >= 15 is 0 Å². The van der Waals surface area contributed by atoms with Crippen molar-refractivity contribution >= 4 is 46.7 Å². The Morgan fingerprint density at radius 3 is 2.52 bits per heavy atom. The molecule has 4 aromatic rings. The van der Waals surface area contributed by atoms with Gasteiger partial charge < -0.3 is 0 Å². The number of primary amides is 1. The summed E-state index contributed by atoms with van der Waals surface area (Å²) in [6.07, 6.45) is 2.99. The van der Waals surface area contributed by atoms with E-state index in [9.17, 15) is 9.59 Å². The van der Waals surface area contributed by atoms with Gasteiger partial charge in [-0.2, -0.15) is 0 Å². The van der Waals surface area contributed by atoms with Gasteiger partial charge in [0.1, 0.15) is 0 Å². The van der Waals surface area contributed by atoms with E-state index in [-0.39, 0.29) is 20.9 Å². The molecule has 2 aromatic carbocycles. The number of rotatable bonds is 6. The maximum atomic E-state index is 12.0. The monoisotopic (exact) mass is 481 g/mol. The van der Waals surface area contributed by atoms with Crippen LogP contribution in [-0.2, 0) is 0 Å². The number of ether oxygens (including phenoxy) is 1. The second-order valence-electron chi connectivity index (χ2n) is 6.56. The van der Waals surface area contributed by atoms with E-state index in [0.717, 1.165) is 20.0 Å². The number of aromatic nitrogens is 3. The van der Waals surface area contributed by atoms with Crippen molar-refractivity contribution < 1.29 is 14.3 Å². The summed E-state index contributed by atoms with van der Waals surface area (Å²) in [4.78, 5) is 32.7. The van der Waals surface area contributed by atoms with Gasteiger partial charge in [-0.25, -0.2) is 0 Å². The predicted octanol–water partition coefficient (Wildman–Crippen LogP) is 0.543. The first-order valence-corrected chi connectivity index (χ1v) is 11.0. The van der Waals surface area contributed by atoms with Gasteiger partial charge in [0, 0.05) is 0 Å². The van der Waals surface area contributed by atoms with Gasteiger partial charge in [0.25, 0.3) is 0 Å². The molecule has 9 heteroatoms. The first-order chi connectivity index (χ1) is 15.0. The molecule has 0 unspecified atom stereocenters. The third kappa shape index (κ3) is 4.01. The molecule has 8 nitrogen and oxygen atoms in total. The summed E-state index contributed by atoms with van der Waals surface area (Å²) in [5.74, 6) is 0.254. The van der Waals surface area contributed by atoms with Gasteiger partial charge in [0.2, 0.25) is 0 Å². The molecule has 0 saturated heterocycles. The fourth-order valence-corrected chi connectivity index (χ4v) is 5.42. The van der Waals surface area contributed by atoms with E-state index in [4.69, 9.17) is 10.5 Å². The zero-order valence-corrected chi connectivity index (χ0v) is 18.5. The first-order valence-electron chi connectivity index (χ1n) is 9.32. The van der Waals surface area contributed by atoms with Gasteiger partial charge in [-0.15, -0.1) is 0 Å². The molecule has 0 bridgehead atoms. The topological polar surface area (TPSA) is 112 Å². The Hall–Kier alpha value is -3.68. The number of nitrogens with two attached hydrogens (primary N) is 1. The van der Waals surface area contributed by atoms with E-state index in [1.165, 1.54) is 12.4 Å². The van der Waals surface area contributed by atoms with E-state index in [1.807, 2.05) is 41.0 Å². The van der Waals surface area contributed by atoms with E-state index in [1.54, 1.807) is 20.2 Å². The number of hydrogen-bond donors (Lipinski definition) is 2. The Morgan fingerprint density at radius 1 is 1.10 bits per heavy atom. The third-order valence-corrected chi connectivity index (χ3v) is 6.95. The predicted molar refractivity (Wildman–Crippen MR) is 119 cm³/mol. The van der Waals surface area contributed by atoms with Crippen LogP contribution >= 0.6 is 0 Å². The minimum atomic E-state index is -0.510.